The monoisotopic (exact) mass is 348 g/mol. The van der Waals surface area contributed by atoms with Crippen LogP contribution in [0.15, 0.2) is 36.8 Å². The molecule has 7 heteroatoms. The molecule has 1 N–H and O–H groups in total. The van der Waals surface area contributed by atoms with E-state index in [2.05, 4.69) is 19.9 Å². The fraction of sp³-hybridized carbons (Fsp3) is 0.250. The van der Waals surface area contributed by atoms with Gasteiger partial charge >= 0.3 is 0 Å². The molecule has 118 valence electrons. The van der Waals surface area contributed by atoms with E-state index in [1.165, 1.54) is 0 Å². The summed E-state index contributed by atoms with van der Waals surface area (Å²) in [7, 11) is 0. The predicted molar refractivity (Wildman–Crippen MR) is 91.3 cm³/mol. The van der Waals surface area contributed by atoms with Gasteiger partial charge in [0.25, 0.3) is 0 Å². The van der Waals surface area contributed by atoms with Gasteiger partial charge in [0.2, 0.25) is 0 Å². The molecule has 0 bridgehead atoms. The van der Waals surface area contributed by atoms with Crippen LogP contribution in [0.25, 0.3) is 11.0 Å². The van der Waals surface area contributed by atoms with E-state index in [1.54, 1.807) is 12.4 Å². The number of ether oxygens (including phenoxy) is 1. The number of nitrogens with zero attached hydrogens (tertiary/aromatic N) is 3. The highest BCUT2D eigenvalue weighted by Gasteiger charge is 2.24. The van der Waals surface area contributed by atoms with E-state index in [-0.39, 0.29) is 6.10 Å². The molecule has 1 aromatic carbocycles. The van der Waals surface area contributed by atoms with Gasteiger partial charge in [0.15, 0.2) is 0 Å². The molecule has 5 nitrogen and oxygen atoms in total. The molecule has 2 aromatic heterocycles. The molecule has 1 unspecified atom stereocenters. The number of halogens is 2. The van der Waals surface area contributed by atoms with Gasteiger partial charge in [-0.15, -0.1) is 0 Å². The van der Waals surface area contributed by atoms with Crippen molar-refractivity contribution in [2.75, 3.05) is 24.6 Å². The van der Waals surface area contributed by atoms with Crippen LogP contribution >= 0.6 is 23.2 Å². The lowest BCUT2D eigenvalue weighted by molar-refractivity contribution is 0.0396. The Hall–Kier alpha value is -1.82. The third-order valence-electron chi connectivity index (χ3n) is 4.01. The quantitative estimate of drug-likeness (QED) is 0.764. The molecule has 3 aromatic rings. The number of hydrogen-bond acceptors (Lipinski definition) is 4. The maximum absolute atomic E-state index is 6.12. The van der Waals surface area contributed by atoms with Gasteiger partial charge in [-0.05, 0) is 23.8 Å². The largest absolute Gasteiger partial charge is 0.370 e. The van der Waals surface area contributed by atoms with Gasteiger partial charge in [0.1, 0.15) is 23.9 Å². The number of nitrogens with one attached hydrogen (secondary N) is 1. The van der Waals surface area contributed by atoms with Crippen molar-refractivity contribution in [3.8, 4) is 0 Å². The molecular formula is C16H14Cl2N4O. The first kappa shape index (κ1) is 14.8. The third kappa shape index (κ3) is 2.76. The maximum Gasteiger partial charge on any atom is 0.142 e. The summed E-state index contributed by atoms with van der Waals surface area (Å²) in [5.74, 6) is 0.921. The van der Waals surface area contributed by atoms with E-state index in [0.29, 0.717) is 23.2 Å². The van der Waals surface area contributed by atoms with Crippen molar-refractivity contribution in [3.05, 3.63) is 52.4 Å². The SMILES string of the molecule is Clc1ccc(C2CN(c3ncnc4[nH]ccc34)CCO2)cc1Cl. The van der Waals surface area contributed by atoms with Crippen LogP contribution in [0.2, 0.25) is 10.0 Å². The molecule has 3 heterocycles. The first-order valence-corrected chi connectivity index (χ1v) is 8.07. The van der Waals surface area contributed by atoms with Crippen LogP contribution in [0.1, 0.15) is 11.7 Å². The van der Waals surface area contributed by atoms with Crippen LogP contribution in [0.3, 0.4) is 0 Å². The summed E-state index contributed by atoms with van der Waals surface area (Å²) in [5, 5.41) is 2.11. The van der Waals surface area contributed by atoms with Crippen LogP contribution < -0.4 is 4.90 Å². The van der Waals surface area contributed by atoms with E-state index in [9.17, 15) is 0 Å². The number of aromatic nitrogens is 3. The Bertz CT molecular complexity index is 851. The zero-order chi connectivity index (χ0) is 15.8. The highest BCUT2D eigenvalue weighted by atomic mass is 35.5. The fourth-order valence-corrected chi connectivity index (χ4v) is 3.17. The number of hydrogen-bond donors (Lipinski definition) is 1. The van der Waals surface area contributed by atoms with E-state index in [4.69, 9.17) is 27.9 Å². The van der Waals surface area contributed by atoms with Gasteiger partial charge in [-0.2, -0.15) is 0 Å². The van der Waals surface area contributed by atoms with Gasteiger partial charge < -0.3 is 14.6 Å². The summed E-state index contributed by atoms with van der Waals surface area (Å²) in [6.45, 7) is 2.12. The molecule has 1 fully saturated rings. The number of aromatic amines is 1. The topological polar surface area (TPSA) is 54.0 Å². The molecule has 1 aliphatic rings. The number of anilines is 1. The Morgan fingerprint density at radius 2 is 2.09 bits per heavy atom. The molecule has 1 saturated heterocycles. The van der Waals surface area contributed by atoms with Gasteiger partial charge in [0, 0.05) is 19.3 Å². The molecule has 1 atom stereocenters. The maximum atomic E-state index is 6.12. The Morgan fingerprint density at radius 1 is 1.17 bits per heavy atom. The van der Waals surface area contributed by atoms with Crippen molar-refractivity contribution >= 4 is 40.1 Å². The third-order valence-corrected chi connectivity index (χ3v) is 4.75. The molecule has 1 aliphatic heterocycles. The molecule has 0 spiro atoms. The predicted octanol–water partition coefficient (Wildman–Crippen LogP) is 3.84. The van der Waals surface area contributed by atoms with Crippen LogP contribution in [-0.2, 0) is 4.74 Å². The normalized spacial score (nSPS) is 18.5. The van der Waals surface area contributed by atoms with Crippen LogP contribution in [0, 0.1) is 0 Å². The van der Waals surface area contributed by atoms with E-state index < -0.39 is 0 Å². The molecule has 0 saturated carbocycles. The number of H-pyrrole nitrogens is 1. The standard InChI is InChI=1S/C16H14Cl2N4O/c17-12-2-1-10(7-13(12)18)14-8-22(5-6-23-14)16-11-3-4-19-15(11)20-9-21-16/h1-4,7,9,14H,5-6,8H2,(H,19,20,21). The Morgan fingerprint density at radius 3 is 2.96 bits per heavy atom. The smallest absolute Gasteiger partial charge is 0.142 e. The number of fused-ring (bicyclic) bond motifs is 1. The Labute approximate surface area is 143 Å². The second-order valence-electron chi connectivity index (χ2n) is 5.42. The number of rotatable bonds is 2. The van der Waals surface area contributed by atoms with Crippen molar-refractivity contribution in [2.45, 2.75) is 6.10 Å². The van der Waals surface area contributed by atoms with Crippen molar-refractivity contribution in [1.82, 2.24) is 15.0 Å². The van der Waals surface area contributed by atoms with Gasteiger partial charge in [0.05, 0.1) is 22.0 Å². The van der Waals surface area contributed by atoms with E-state index in [1.807, 2.05) is 24.4 Å². The Kier molecular flexibility index (Phi) is 3.85. The summed E-state index contributed by atoms with van der Waals surface area (Å²) in [4.78, 5) is 14.0. The lowest BCUT2D eigenvalue weighted by atomic mass is 10.1. The lowest BCUT2D eigenvalue weighted by Crippen LogP contribution is -2.39. The van der Waals surface area contributed by atoms with Gasteiger partial charge in [-0.25, -0.2) is 9.97 Å². The highest BCUT2D eigenvalue weighted by Crippen LogP contribution is 2.31. The lowest BCUT2D eigenvalue weighted by Gasteiger charge is -2.34. The van der Waals surface area contributed by atoms with Crippen LogP contribution in [0.5, 0.6) is 0 Å². The Balaban J connectivity index is 1.64. The molecule has 4 rings (SSSR count). The summed E-state index contributed by atoms with van der Waals surface area (Å²) in [6.07, 6.45) is 3.39. The average Bonchev–Trinajstić information content (AvgIpc) is 3.06. The van der Waals surface area contributed by atoms with Crippen molar-refractivity contribution in [3.63, 3.8) is 0 Å². The minimum absolute atomic E-state index is 0.0672. The minimum Gasteiger partial charge on any atom is -0.370 e. The van der Waals surface area contributed by atoms with Gasteiger partial charge in [-0.1, -0.05) is 29.3 Å². The summed E-state index contributed by atoms with van der Waals surface area (Å²) in [6, 6.07) is 7.61. The molecule has 23 heavy (non-hydrogen) atoms. The summed E-state index contributed by atoms with van der Waals surface area (Å²) in [5.41, 5.74) is 1.86. The second kappa shape index (κ2) is 6.00. The molecule has 0 radical (unpaired) electrons. The molecular weight excluding hydrogens is 335 g/mol. The van der Waals surface area contributed by atoms with Crippen LogP contribution in [-0.4, -0.2) is 34.6 Å². The first-order chi connectivity index (χ1) is 11.2. The van der Waals surface area contributed by atoms with E-state index in [0.717, 1.165) is 29.0 Å². The first-order valence-electron chi connectivity index (χ1n) is 7.32. The van der Waals surface area contributed by atoms with Crippen LogP contribution in [0.4, 0.5) is 5.82 Å². The molecule has 0 aliphatic carbocycles. The van der Waals surface area contributed by atoms with Crippen molar-refractivity contribution < 1.29 is 4.74 Å². The number of morpholine rings is 1. The minimum atomic E-state index is -0.0672. The second-order valence-corrected chi connectivity index (χ2v) is 6.23. The summed E-state index contributed by atoms with van der Waals surface area (Å²) >= 11 is 12.1. The molecule has 0 amide bonds. The van der Waals surface area contributed by atoms with Gasteiger partial charge in [-0.3, -0.25) is 0 Å². The zero-order valence-electron chi connectivity index (χ0n) is 12.2. The summed E-state index contributed by atoms with van der Waals surface area (Å²) < 4.78 is 5.91. The highest BCUT2D eigenvalue weighted by molar-refractivity contribution is 6.42. The number of benzene rings is 1. The fourth-order valence-electron chi connectivity index (χ4n) is 2.87. The zero-order valence-corrected chi connectivity index (χ0v) is 13.7. The van der Waals surface area contributed by atoms with Crippen molar-refractivity contribution in [2.24, 2.45) is 0 Å². The van der Waals surface area contributed by atoms with Crippen molar-refractivity contribution in [1.29, 1.82) is 0 Å². The average molecular weight is 349 g/mol. The van der Waals surface area contributed by atoms with E-state index >= 15 is 0 Å².